The Morgan fingerprint density at radius 1 is 1.23 bits per heavy atom. The first kappa shape index (κ1) is 16.0. The molecule has 4 nitrogen and oxygen atoms in total. The van der Waals surface area contributed by atoms with Crippen molar-refractivity contribution < 1.29 is 9.53 Å². The van der Waals surface area contributed by atoms with Crippen LogP contribution in [0.2, 0.25) is 5.02 Å². The number of hydrogen-bond donors (Lipinski definition) is 1. The number of aryl methyl sites for hydroxylation is 2. The summed E-state index contributed by atoms with van der Waals surface area (Å²) in [7, 11) is 0. The largest absolute Gasteiger partial charge is 0.484 e. The summed E-state index contributed by atoms with van der Waals surface area (Å²) in [6.45, 7) is 3.92. The van der Waals surface area contributed by atoms with Gasteiger partial charge in [0.15, 0.2) is 6.61 Å². The molecule has 0 spiro atoms. The minimum atomic E-state index is -0.332. The fourth-order valence-corrected chi connectivity index (χ4v) is 1.92. The number of carbonyl (C=O) groups excluding carboxylic acids is 1. The number of benzene rings is 2. The maximum Gasteiger partial charge on any atom is 0.277 e. The molecule has 0 fully saturated rings. The van der Waals surface area contributed by atoms with Crippen LogP contribution in [0.3, 0.4) is 0 Å². The van der Waals surface area contributed by atoms with E-state index in [0.717, 1.165) is 11.1 Å². The van der Waals surface area contributed by atoms with Crippen LogP contribution in [-0.4, -0.2) is 18.7 Å². The van der Waals surface area contributed by atoms with Gasteiger partial charge >= 0.3 is 0 Å². The monoisotopic (exact) mass is 316 g/mol. The fraction of sp³-hybridized carbons (Fsp3) is 0.176. The highest BCUT2D eigenvalue weighted by atomic mass is 35.5. The summed E-state index contributed by atoms with van der Waals surface area (Å²) in [4.78, 5) is 11.7. The quantitative estimate of drug-likeness (QED) is 0.678. The molecule has 2 aromatic rings. The van der Waals surface area contributed by atoms with Crippen LogP contribution in [0.5, 0.6) is 5.75 Å². The van der Waals surface area contributed by atoms with Gasteiger partial charge in [-0.2, -0.15) is 5.10 Å². The number of nitrogens with zero attached hydrogens (tertiary/aromatic N) is 1. The van der Waals surface area contributed by atoms with E-state index in [4.69, 9.17) is 16.3 Å². The molecule has 0 aliphatic heterocycles. The van der Waals surface area contributed by atoms with Crippen molar-refractivity contribution >= 4 is 23.7 Å². The van der Waals surface area contributed by atoms with Crippen molar-refractivity contribution in [2.24, 2.45) is 5.10 Å². The Labute approximate surface area is 134 Å². The summed E-state index contributed by atoms with van der Waals surface area (Å²) in [5.74, 6) is 0.329. The molecule has 114 valence electrons. The Balaban J connectivity index is 1.83. The molecule has 0 bridgehead atoms. The predicted octanol–water partition coefficient (Wildman–Crippen LogP) is 3.49. The molecule has 0 aromatic heterocycles. The molecule has 0 unspecified atom stereocenters. The van der Waals surface area contributed by atoms with E-state index in [1.807, 2.05) is 50.2 Å². The molecular weight excluding hydrogens is 300 g/mol. The lowest BCUT2D eigenvalue weighted by Crippen LogP contribution is -2.24. The number of hydrogen-bond acceptors (Lipinski definition) is 3. The maximum absolute atomic E-state index is 11.7. The van der Waals surface area contributed by atoms with Crippen LogP contribution in [0.4, 0.5) is 0 Å². The zero-order valence-corrected chi connectivity index (χ0v) is 13.2. The van der Waals surface area contributed by atoms with E-state index >= 15 is 0 Å². The molecule has 0 atom stereocenters. The van der Waals surface area contributed by atoms with Crippen LogP contribution < -0.4 is 10.2 Å². The lowest BCUT2D eigenvalue weighted by atomic mass is 10.1. The number of carbonyl (C=O) groups is 1. The van der Waals surface area contributed by atoms with Crippen LogP contribution >= 0.6 is 11.6 Å². The van der Waals surface area contributed by atoms with Gasteiger partial charge in [-0.25, -0.2) is 5.43 Å². The number of hydrazone groups is 1. The smallest absolute Gasteiger partial charge is 0.277 e. The number of nitrogens with one attached hydrogen (secondary N) is 1. The minimum Gasteiger partial charge on any atom is -0.484 e. The minimum absolute atomic E-state index is 0.0949. The van der Waals surface area contributed by atoms with Crippen LogP contribution in [0.15, 0.2) is 47.6 Å². The lowest BCUT2D eigenvalue weighted by molar-refractivity contribution is -0.123. The number of halogens is 1. The second-order valence-corrected chi connectivity index (χ2v) is 5.26. The molecule has 0 saturated carbocycles. The number of amides is 1. The molecule has 1 N–H and O–H groups in total. The molecule has 22 heavy (non-hydrogen) atoms. The molecule has 0 aliphatic rings. The topological polar surface area (TPSA) is 50.7 Å². The van der Waals surface area contributed by atoms with Crippen molar-refractivity contribution in [1.82, 2.24) is 5.43 Å². The fourth-order valence-electron chi connectivity index (χ4n) is 1.74. The first-order valence-corrected chi connectivity index (χ1v) is 7.20. The lowest BCUT2D eigenvalue weighted by Gasteiger charge is -2.07. The molecule has 2 rings (SSSR count). The number of ether oxygens (including phenoxy) is 1. The summed E-state index contributed by atoms with van der Waals surface area (Å²) in [5, 5.41) is 4.43. The molecule has 0 aliphatic carbocycles. The second-order valence-electron chi connectivity index (χ2n) is 4.85. The van der Waals surface area contributed by atoms with E-state index in [1.54, 1.807) is 6.07 Å². The third-order valence-electron chi connectivity index (χ3n) is 3.15. The van der Waals surface area contributed by atoms with Gasteiger partial charge in [-0.05, 0) is 43.2 Å². The maximum atomic E-state index is 11.7. The second kappa shape index (κ2) is 7.61. The zero-order valence-electron chi connectivity index (χ0n) is 12.5. The third-order valence-corrected chi connectivity index (χ3v) is 3.49. The molecule has 5 heteroatoms. The Morgan fingerprint density at radius 3 is 2.73 bits per heavy atom. The Kier molecular flexibility index (Phi) is 5.55. The molecule has 0 heterocycles. The van der Waals surface area contributed by atoms with Crippen molar-refractivity contribution in [2.75, 3.05) is 6.61 Å². The highest BCUT2D eigenvalue weighted by Crippen LogP contribution is 2.16. The van der Waals surface area contributed by atoms with Crippen LogP contribution in [-0.2, 0) is 4.79 Å². The third kappa shape index (κ3) is 4.60. The van der Waals surface area contributed by atoms with Gasteiger partial charge in [-0.15, -0.1) is 0 Å². The average molecular weight is 317 g/mol. The van der Waals surface area contributed by atoms with Gasteiger partial charge in [-0.3, -0.25) is 4.79 Å². The van der Waals surface area contributed by atoms with E-state index in [1.165, 1.54) is 11.8 Å². The SMILES string of the molecule is Cc1ccc(OCC(=O)N/N=C\c2ccccc2Cl)cc1C. The van der Waals surface area contributed by atoms with Gasteiger partial charge < -0.3 is 4.74 Å². The predicted molar refractivity (Wildman–Crippen MR) is 88.6 cm³/mol. The van der Waals surface area contributed by atoms with Gasteiger partial charge in [0.25, 0.3) is 5.91 Å². The molecular formula is C17H17ClN2O2. The Bertz CT molecular complexity index is 699. The summed E-state index contributed by atoms with van der Waals surface area (Å²) >= 11 is 5.98. The van der Waals surface area contributed by atoms with Crippen molar-refractivity contribution in [1.29, 1.82) is 0 Å². The van der Waals surface area contributed by atoms with E-state index in [2.05, 4.69) is 10.5 Å². The normalized spacial score (nSPS) is 10.7. The molecule has 0 radical (unpaired) electrons. The van der Waals surface area contributed by atoms with Crippen molar-refractivity contribution in [3.05, 3.63) is 64.2 Å². The van der Waals surface area contributed by atoms with E-state index in [0.29, 0.717) is 10.8 Å². The van der Waals surface area contributed by atoms with Crippen LogP contribution in [0, 0.1) is 13.8 Å². The highest BCUT2D eigenvalue weighted by molar-refractivity contribution is 6.33. The van der Waals surface area contributed by atoms with E-state index in [9.17, 15) is 4.79 Å². The van der Waals surface area contributed by atoms with Crippen molar-refractivity contribution in [2.45, 2.75) is 13.8 Å². The zero-order chi connectivity index (χ0) is 15.9. The van der Waals surface area contributed by atoms with Gasteiger partial charge in [0, 0.05) is 10.6 Å². The average Bonchev–Trinajstić information content (AvgIpc) is 2.50. The Morgan fingerprint density at radius 2 is 2.00 bits per heavy atom. The van der Waals surface area contributed by atoms with E-state index < -0.39 is 0 Å². The van der Waals surface area contributed by atoms with E-state index in [-0.39, 0.29) is 12.5 Å². The van der Waals surface area contributed by atoms with Gasteiger partial charge in [0.05, 0.1) is 6.21 Å². The van der Waals surface area contributed by atoms with Crippen molar-refractivity contribution in [3.63, 3.8) is 0 Å². The standard InChI is InChI=1S/C17H17ClN2O2/c1-12-7-8-15(9-13(12)2)22-11-17(21)20-19-10-14-5-3-4-6-16(14)18/h3-10H,11H2,1-2H3,(H,20,21)/b19-10-. The highest BCUT2D eigenvalue weighted by Gasteiger charge is 2.02. The van der Waals surface area contributed by atoms with Crippen LogP contribution in [0.25, 0.3) is 0 Å². The van der Waals surface area contributed by atoms with Gasteiger partial charge in [-0.1, -0.05) is 35.9 Å². The molecule has 0 saturated heterocycles. The molecule has 1 amide bonds. The summed E-state index contributed by atoms with van der Waals surface area (Å²) in [6.07, 6.45) is 1.50. The first-order chi connectivity index (χ1) is 10.6. The summed E-state index contributed by atoms with van der Waals surface area (Å²) in [5.41, 5.74) is 5.44. The first-order valence-electron chi connectivity index (χ1n) is 6.83. The van der Waals surface area contributed by atoms with Gasteiger partial charge in [0.1, 0.15) is 5.75 Å². The Hall–Kier alpha value is -2.33. The van der Waals surface area contributed by atoms with Gasteiger partial charge in [0.2, 0.25) is 0 Å². The number of rotatable bonds is 5. The summed E-state index contributed by atoms with van der Waals surface area (Å²) in [6, 6.07) is 12.9. The summed E-state index contributed by atoms with van der Waals surface area (Å²) < 4.78 is 5.42. The van der Waals surface area contributed by atoms with Crippen molar-refractivity contribution in [3.8, 4) is 5.75 Å². The van der Waals surface area contributed by atoms with Crippen LogP contribution in [0.1, 0.15) is 16.7 Å². The molecule has 2 aromatic carbocycles.